The summed E-state index contributed by atoms with van der Waals surface area (Å²) < 4.78 is 1.06. The lowest BCUT2D eigenvalue weighted by atomic mass is 9.78. The lowest BCUT2D eigenvalue weighted by Crippen LogP contribution is -2.20. The molecule has 1 saturated carbocycles. The van der Waals surface area contributed by atoms with E-state index in [0.717, 1.165) is 10.0 Å². The van der Waals surface area contributed by atoms with Gasteiger partial charge in [-0.25, -0.2) is 0 Å². The van der Waals surface area contributed by atoms with E-state index in [1.807, 2.05) is 6.07 Å². The van der Waals surface area contributed by atoms with Gasteiger partial charge in [0.05, 0.1) is 6.10 Å². The molecule has 14 heavy (non-hydrogen) atoms. The van der Waals surface area contributed by atoms with Crippen LogP contribution in [0.15, 0.2) is 22.7 Å². The Morgan fingerprint density at radius 1 is 1.36 bits per heavy atom. The highest BCUT2D eigenvalue weighted by Gasteiger charge is 2.26. The van der Waals surface area contributed by atoms with E-state index in [4.69, 9.17) is 0 Å². The third-order valence-corrected chi connectivity index (χ3v) is 3.46. The second kappa shape index (κ2) is 4.03. The van der Waals surface area contributed by atoms with E-state index in [1.54, 1.807) is 0 Å². The molecule has 0 amide bonds. The summed E-state index contributed by atoms with van der Waals surface area (Å²) in [7, 11) is 0. The summed E-state index contributed by atoms with van der Waals surface area (Å²) in [5, 5.41) is 10.1. The van der Waals surface area contributed by atoms with Crippen molar-refractivity contribution in [3.05, 3.63) is 33.8 Å². The van der Waals surface area contributed by atoms with Gasteiger partial charge < -0.3 is 5.11 Å². The fraction of sp³-hybridized carbons (Fsp3) is 0.500. The maximum Gasteiger partial charge on any atom is 0.0818 e. The van der Waals surface area contributed by atoms with Crippen molar-refractivity contribution in [3.63, 3.8) is 0 Å². The van der Waals surface area contributed by atoms with Crippen LogP contribution in [0.25, 0.3) is 0 Å². The van der Waals surface area contributed by atoms with Crippen molar-refractivity contribution >= 4 is 15.9 Å². The summed E-state index contributed by atoms with van der Waals surface area (Å²) >= 11 is 3.46. The first-order chi connectivity index (χ1) is 6.66. The van der Waals surface area contributed by atoms with Gasteiger partial charge in [-0.15, -0.1) is 0 Å². The molecule has 1 aliphatic rings. The minimum absolute atomic E-state index is 0.264. The molecule has 0 bridgehead atoms. The van der Waals surface area contributed by atoms with E-state index in [0.29, 0.717) is 5.92 Å². The number of hydrogen-bond acceptors (Lipinski definition) is 1. The largest absolute Gasteiger partial charge is 0.388 e. The van der Waals surface area contributed by atoms with Crippen LogP contribution in [0.5, 0.6) is 0 Å². The Labute approximate surface area is 93.3 Å². The molecule has 0 aliphatic heterocycles. The number of aryl methyl sites for hydroxylation is 1. The molecular formula is C12H15BrO. The van der Waals surface area contributed by atoms with Crippen LogP contribution in [0.4, 0.5) is 0 Å². The summed E-state index contributed by atoms with van der Waals surface area (Å²) in [6.07, 6.45) is 3.36. The number of aliphatic hydroxyl groups is 1. The van der Waals surface area contributed by atoms with Crippen LogP contribution in [0.1, 0.15) is 36.5 Å². The van der Waals surface area contributed by atoms with E-state index in [1.165, 1.54) is 24.8 Å². The zero-order valence-electron chi connectivity index (χ0n) is 8.33. The maximum absolute atomic E-state index is 10.1. The SMILES string of the molecule is Cc1cc(Br)cc(C(O)C2CCC2)c1. The molecule has 1 unspecified atom stereocenters. The Morgan fingerprint density at radius 2 is 2.07 bits per heavy atom. The van der Waals surface area contributed by atoms with Crippen molar-refractivity contribution in [1.29, 1.82) is 0 Å². The lowest BCUT2D eigenvalue weighted by molar-refractivity contribution is 0.0620. The summed E-state index contributed by atoms with van der Waals surface area (Å²) in [5.74, 6) is 0.490. The zero-order valence-corrected chi connectivity index (χ0v) is 9.92. The smallest absolute Gasteiger partial charge is 0.0818 e. The first-order valence-electron chi connectivity index (χ1n) is 5.12. The monoisotopic (exact) mass is 254 g/mol. The van der Waals surface area contributed by atoms with Gasteiger partial charge in [-0.1, -0.05) is 28.4 Å². The van der Waals surface area contributed by atoms with Crippen molar-refractivity contribution in [2.75, 3.05) is 0 Å². The summed E-state index contributed by atoms with van der Waals surface area (Å²) in [5.41, 5.74) is 2.26. The number of benzene rings is 1. The van der Waals surface area contributed by atoms with E-state index >= 15 is 0 Å². The van der Waals surface area contributed by atoms with Crippen molar-refractivity contribution in [1.82, 2.24) is 0 Å². The molecule has 0 saturated heterocycles. The number of halogens is 1. The Hall–Kier alpha value is -0.340. The lowest BCUT2D eigenvalue weighted by Gasteiger charge is -2.30. The average molecular weight is 255 g/mol. The molecule has 1 N–H and O–H groups in total. The minimum atomic E-state index is -0.264. The minimum Gasteiger partial charge on any atom is -0.388 e. The number of hydrogen-bond donors (Lipinski definition) is 1. The molecular weight excluding hydrogens is 240 g/mol. The average Bonchev–Trinajstić information content (AvgIpc) is 1.98. The van der Waals surface area contributed by atoms with Crippen LogP contribution in [-0.2, 0) is 0 Å². The predicted molar refractivity (Wildman–Crippen MR) is 61.2 cm³/mol. The van der Waals surface area contributed by atoms with E-state index < -0.39 is 0 Å². The molecule has 2 rings (SSSR count). The topological polar surface area (TPSA) is 20.2 Å². The van der Waals surface area contributed by atoms with Gasteiger partial charge in [-0.3, -0.25) is 0 Å². The first-order valence-corrected chi connectivity index (χ1v) is 5.91. The van der Waals surface area contributed by atoms with Crippen LogP contribution >= 0.6 is 15.9 Å². The van der Waals surface area contributed by atoms with Crippen LogP contribution in [-0.4, -0.2) is 5.11 Å². The number of rotatable bonds is 2. The Balaban J connectivity index is 2.21. The molecule has 1 nitrogen and oxygen atoms in total. The molecule has 1 atom stereocenters. The molecule has 76 valence electrons. The molecule has 1 aliphatic carbocycles. The fourth-order valence-electron chi connectivity index (χ4n) is 1.96. The van der Waals surface area contributed by atoms with E-state index in [9.17, 15) is 5.11 Å². The highest BCUT2D eigenvalue weighted by Crippen LogP contribution is 2.38. The standard InChI is InChI=1S/C12H15BrO/c1-8-5-10(7-11(13)6-8)12(14)9-3-2-4-9/h5-7,9,12,14H,2-4H2,1H3. The molecule has 1 fully saturated rings. The van der Waals surface area contributed by atoms with Gasteiger partial charge in [0.25, 0.3) is 0 Å². The van der Waals surface area contributed by atoms with Gasteiger partial charge in [0.2, 0.25) is 0 Å². The molecule has 0 aromatic heterocycles. The molecule has 0 heterocycles. The van der Waals surface area contributed by atoms with E-state index in [2.05, 4.69) is 35.0 Å². The Bertz CT molecular complexity index is 311. The van der Waals surface area contributed by atoms with Crippen molar-refractivity contribution in [2.45, 2.75) is 32.3 Å². The van der Waals surface area contributed by atoms with Gasteiger partial charge in [-0.2, -0.15) is 0 Å². The van der Waals surface area contributed by atoms with Gasteiger partial charge in [-0.05, 0) is 48.9 Å². The summed E-state index contributed by atoms with van der Waals surface area (Å²) in [6.45, 7) is 2.06. The summed E-state index contributed by atoms with van der Waals surface area (Å²) in [4.78, 5) is 0. The van der Waals surface area contributed by atoms with Crippen LogP contribution in [0.3, 0.4) is 0 Å². The van der Waals surface area contributed by atoms with Gasteiger partial charge in [0.1, 0.15) is 0 Å². The Kier molecular flexibility index (Phi) is 2.93. The second-order valence-corrected chi connectivity index (χ2v) is 5.11. The van der Waals surface area contributed by atoms with Crippen LogP contribution < -0.4 is 0 Å². The molecule has 1 aromatic carbocycles. The Morgan fingerprint density at radius 3 is 2.57 bits per heavy atom. The summed E-state index contributed by atoms with van der Waals surface area (Å²) in [6, 6.07) is 6.17. The molecule has 0 radical (unpaired) electrons. The fourth-order valence-corrected chi connectivity index (χ4v) is 2.59. The quantitative estimate of drug-likeness (QED) is 0.856. The van der Waals surface area contributed by atoms with Gasteiger partial charge >= 0.3 is 0 Å². The third kappa shape index (κ3) is 2.01. The molecule has 2 heteroatoms. The van der Waals surface area contributed by atoms with Crippen molar-refractivity contribution < 1.29 is 5.11 Å². The number of aliphatic hydroxyl groups excluding tert-OH is 1. The maximum atomic E-state index is 10.1. The predicted octanol–water partition coefficient (Wildman–Crippen LogP) is 3.59. The van der Waals surface area contributed by atoms with E-state index in [-0.39, 0.29) is 6.10 Å². The van der Waals surface area contributed by atoms with Crippen LogP contribution in [0.2, 0.25) is 0 Å². The van der Waals surface area contributed by atoms with Crippen LogP contribution in [0, 0.1) is 12.8 Å². The first kappa shape index (κ1) is 10.2. The van der Waals surface area contributed by atoms with Crippen molar-refractivity contribution in [2.24, 2.45) is 5.92 Å². The zero-order chi connectivity index (χ0) is 10.1. The second-order valence-electron chi connectivity index (χ2n) is 4.20. The third-order valence-electron chi connectivity index (χ3n) is 3.00. The van der Waals surface area contributed by atoms with Gasteiger partial charge in [0.15, 0.2) is 0 Å². The normalized spacial score (nSPS) is 19.1. The highest BCUT2D eigenvalue weighted by molar-refractivity contribution is 9.10. The highest BCUT2D eigenvalue weighted by atomic mass is 79.9. The molecule has 1 aromatic rings. The van der Waals surface area contributed by atoms with Crippen molar-refractivity contribution in [3.8, 4) is 0 Å². The van der Waals surface area contributed by atoms with Gasteiger partial charge in [0, 0.05) is 4.47 Å². The molecule has 0 spiro atoms.